The van der Waals surface area contributed by atoms with Gasteiger partial charge < -0.3 is 15.4 Å². The van der Waals surface area contributed by atoms with Gasteiger partial charge in [-0.15, -0.1) is 0 Å². The summed E-state index contributed by atoms with van der Waals surface area (Å²) in [6, 6.07) is 9.60. The van der Waals surface area contributed by atoms with Crippen LogP contribution in [0, 0.1) is 17.0 Å². The predicted octanol–water partition coefficient (Wildman–Crippen LogP) is 2.75. The van der Waals surface area contributed by atoms with Crippen LogP contribution in [0.1, 0.15) is 18.2 Å². The minimum Gasteiger partial charge on any atom is -0.383 e. The normalized spacial score (nSPS) is 11.8. The molecule has 8 nitrogen and oxygen atoms in total. The van der Waals surface area contributed by atoms with E-state index in [1.807, 2.05) is 37.3 Å². The van der Waals surface area contributed by atoms with Crippen LogP contribution in [0.5, 0.6) is 0 Å². The Labute approximate surface area is 140 Å². The van der Waals surface area contributed by atoms with Gasteiger partial charge in [0.25, 0.3) is 0 Å². The predicted molar refractivity (Wildman–Crippen MR) is 92.2 cm³/mol. The Bertz CT molecular complexity index is 694. The number of nitrogens with zero attached hydrogens (tertiary/aromatic N) is 3. The summed E-state index contributed by atoms with van der Waals surface area (Å²) in [5, 5.41) is 17.4. The fraction of sp³-hybridized carbons (Fsp3) is 0.375. The number of hydrogen-bond donors (Lipinski definition) is 2. The lowest BCUT2D eigenvalue weighted by molar-refractivity contribution is -0.385. The molecule has 128 valence electrons. The van der Waals surface area contributed by atoms with Crippen molar-refractivity contribution in [1.82, 2.24) is 9.97 Å². The highest BCUT2D eigenvalue weighted by Gasteiger charge is 2.22. The monoisotopic (exact) mass is 331 g/mol. The molecule has 0 saturated carbocycles. The number of aromatic nitrogens is 2. The number of benzene rings is 1. The maximum absolute atomic E-state index is 11.3. The molecule has 0 aliphatic rings. The summed E-state index contributed by atoms with van der Waals surface area (Å²) in [5.74, 6) is 0.529. The van der Waals surface area contributed by atoms with Crippen LogP contribution in [0.15, 0.2) is 30.3 Å². The maximum Gasteiger partial charge on any atom is 0.332 e. The second-order valence-corrected chi connectivity index (χ2v) is 5.43. The summed E-state index contributed by atoms with van der Waals surface area (Å²) in [4.78, 5) is 19.3. The molecule has 2 N–H and O–H groups in total. The van der Waals surface area contributed by atoms with Crippen LogP contribution in [-0.4, -0.2) is 34.6 Å². The molecule has 0 aliphatic heterocycles. The van der Waals surface area contributed by atoms with Gasteiger partial charge in [0.1, 0.15) is 5.69 Å². The number of hydrogen-bond acceptors (Lipinski definition) is 7. The Morgan fingerprint density at radius 3 is 2.62 bits per heavy atom. The van der Waals surface area contributed by atoms with Crippen LogP contribution >= 0.6 is 0 Å². The van der Waals surface area contributed by atoms with E-state index < -0.39 is 4.92 Å². The summed E-state index contributed by atoms with van der Waals surface area (Å²) in [7, 11) is 1.60. The quantitative estimate of drug-likeness (QED) is 0.566. The number of aryl methyl sites for hydroxylation is 1. The summed E-state index contributed by atoms with van der Waals surface area (Å²) < 4.78 is 5.06. The molecule has 8 heteroatoms. The molecule has 0 bridgehead atoms. The van der Waals surface area contributed by atoms with Crippen molar-refractivity contribution in [1.29, 1.82) is 0 Å². The van der Waals surface area contributed by atoms with Gasteiger partial charge in [0.05, 0.1) is 11.5 Å². The number of ether oxygens (including phenoxy) is 1. The first kappa shape index (κ1) is 17.6. The Balaban J connectivity index is 2.25. The van der Waals surface area contributed by atoms with Crippen molar-refractivity contribution >= 4 is 17.5 Å². The molecular formula is C16H21N5O3. The minimum atomic E-state index is -0.467. The van der Waals surface area contributed by atoms with Gasteiger partial charge in [-0.3, -0.25) is 10.1 Å². The Morgan fingerprint density at radius 1 is 1.29 bits per heavy atom. The third-order valence-electron chi connectivity index (χ3n) is 3.34. The van der Waals surface area contributed by atoms with Crippen molar-refractivity contribution in [2.24, 2.45) is 0 Å². The highest BCUT2D eigenvalue weighted by molar-refractivity contribution is 5.61. The van der Waals surface area contributed by atoms with Crippen LogP contribution in [-0.2, 0) is 11.3 Å². The average Bonchev–Trinajstić information content (AvgIpc) is 2.53. The number of rotatable bonds is 8. The molecule has 1 aromatic heterocycles. The molecule has 24 heavy (non-hydrogen) atoms. The maximum atomic E-state index is 11.3. The van der Waals surface area contributed by atoms with E-state index in [0.29, 0.717) is 24.8 Å². The van der Waals surface area contributed by atoms with E-state index in [1.165, 1.54) is 0 Å². The van der Waals surface area contributed by atoms with Crippen molar-refractivity contribution in [3.63, 3.8) is 0 Å². The van der Waals surface area contributed by atoms with Crippen LogP contribution in [0.3, 0.4) is 0 Å². The summed E-state index contributed by atoms with van der Waals surface area (Å²) >= 11 is 0. The van der Waals surface area contributed by atoms with Gasteiger partial charge in [0.15, 0.2) is 0 Å². The standard InChI is InChI=1S/C16H21N5O3/c1-11(10-24-3)18-16-19-12(2)14(21(22)23)15(20-16)17-9-13-7-5-4-6-8-13/h4-8,11H,9-10H2,1-3H3,(H2,17,18,19,20)/t11-/m0/s1. The van der Waals surface area contributed by atoms with Crippen molar-refractivity contribution in [3.05, 3.63) is 51.7 Å². The molecule has 0 saturated heterocycles. The van der Waals surface area contributed by atoms with Gasteiger partial charge in [0.2, 0.25) is 11.8 Å². The van der Waals surface area contributed by atoms with E-state index in [0.717, 1.165) is 5.56 Å². The smallest absolute Gasteiger partial charge is 0.332 e. The topological polar surface area (TPSA) is 102 Å². The largest absolute Gasteiger partial charge is 0.383 e. The SMILES string of the molecule is COC[C@H](C)Nc1nc(C)c([N+](=O)[O-])c(NCc2ccccc2)n1. The zero-order chi connectivity index (χ0) is 17.5. The first-order chi connectivity index (χ1) is 11.5. The molecular weight excluding hydrogens is 310 g/mol. The van der Waals surface area contributed by atoms with Crippen molar-refractivity contribution in [2.45, 2.75) is 26.4 Å². The van der Waals surface area contributed by atoms with Crippen LogP contribution < -0.4 is 10.6 Å². The minimum absolute atomic E-state index is 0.0159. The number of methoxy groups -OCH3 is 1. The van der Waals surface area contributed by atoms with E-state index in [9.17, 15) is 10.1 Å². The molecule has 0 spiro atoms. The van der Waals surface area contributed by atoms with Gasteiger partial charge in [-0.25, -0.2) is 4.98 Å². The van der Waals surface area contributed by atoms with Gasteiger partial charge in [-0.05, 0) is 19.4 Å². The van der Waals surface area contributed by atoms with Gasteiger partial charge in [-0.2, -0.15) is 4.98 Å². The second-order valence-electron chi connectivity index (χ2n) is 5.43. The Kier molecular flexibility index (Phi) is 6.02. The third kappa shape index (κ3) is 4.63. The van der Waals surface area contributed by atoms with E-state index >= 15 is 0 Å². The van der Waals surface area contributed by atoms with Crippen LogP contribution in [0.4, 0.5) is 17.5 Å². The lowest BCUT2D eigenvalue weighted by Gasteiger charge is -2.14. The first-order valence-corrected chi connectivity index (χ1v) is 7.57. The zero-order valence-electron chi connectivity index (χ0n) is 13.9. The number of nitrogens with one attached hydrogen (secondary N) is 2. The molecule has 0 radical (unpaired) electrons. The van der Waals surface area contributed by atoms with Crippen molar-refractivity contribution in [2.75, 3.05) is 24.4 Å². The number of anilines is 2. The van der Waals surface area contributed by atoms with E-state index in [-0.39, 0.29) is 17.5 Å². The van der Waals surface area contributed by atoms with E-state index in [4.69, 9.17) is 4.74 Å². The van der Waals surface area contributed by atoms with Gasteiger partial charge in [0, 0.05) is 19.7 Å². The van der Waals surface area contributed by atoms with Crippen LogP contribution in [0.25, 0.3) is 0 Å². The Hall–Kier alpha value is -2.74. The lowest BCUT2D eigenvalue weighted by atomic mass is 10.2. The molecule has 0 unspecified atom stereocenters. The molecule has 0 fully saturated rings. The first-order valence-electron chi connectivity index (χ1n) is 7.57. The molecule has 0 amide bonds. The molecule has 0 aliphatic carbocycles. The summed E-state index contributed by atoms with van der Waals surface area (Å²) in [5.41, 5.74) is 1.19. The molecule has 2 aromatic rings. The Morgan fingerprint density at radius 2 is 2.00 bits per heavy atom. The number of nitro groups is 1. The van der Waals surface area contributed by atoms with E-state index in [1.54, 1.807) is 14.0 Å². The van der Waals surface area contributed by atoms with Gasteiger partial charge >= 0.3 is 5.69 Å². The molecule has 1 aromatic carbocycles. The average molecular weight is 331 g/mol. The highest BCUT2D eigenvalue weighted by Crippen LogP contribution is 2.27. The molecule has 2 rings (SSSR count). The summed E-state index contributed by atoms with van der Waals surface area (Å²) in [6.45, 7) is 4.43. The fourth-order valence-electron chi connectivity index (χ4n) is 2.27. The highest BCUT2D eigenvalue weighted by atomic mass is 16.6. The fourth-order valence-corrected chi connectivity index (χ4v) is 2.27. The molecule has 1 heterocycles. The zero-order valence-corrected chi connectivity index (χ0v) is 13.9. The van der Waals surface area contributed by atoms with E-state index in [2.05, 4.69) is 20.6 Å². The second kappa shape index (κ2) is 8.21. The summed E-state index contributed by atoms with van der Waals surface area (Å²) in [6.07, 6.45) is 0. The van der Waals surface area contributed by atoms with Gasteiger partial charge in [-0.1, -0.05) is 30.3 Å². The lowest BCUT2D eigenvalue weighted by Crippen LogP contribution is -2.23. The van der Waals surface area contributed by atoms with Crippen molar-refractivity contribution < 1.29 is 9.66 Å². The van der Waals surface area contributed by atoms with Crippen LogP contribution in [0.2, 0.25) is 0 Å². The third-order valence-corrected chi connectivity index (χ3v) is 3.34. The molecule has 1 atom stereocenters. The van der Waals surface area contributed by atoms with Crippen molar-refractivity contribution in [3.8, 4) is 0 Å².